The zero-order valence-electron chi connectivity index (χ0n) is 9.64. The summed E-state index contributed by atoms with van der Waals surface area (Å²) in [7, 11) is 0. The summed E-state index contributed by atoms with van der Waals surface area (Å²) in [6.45, 7) is 9.56. The van der Waals surface area contributed by atoms with Crippen LogP contribution in [0.1, 0.15) is 27.7 Å². The van der Waals surface area contributed by atoms with Crippen LogP contribution in [-0.2, 0) is 4.74 Å². The molecule has 0 bridgehead atoms. The molecule has 0 aliphatic carbocycles. The fourth-order valence-corrected chi connectivity index (χ4v) is 1.77. The summed E-state index contributed by atoms with van der Waals surface area (Å²) < 4.78 is 6.12. The Hall–Kier alpha value is 0.660. The highest BCUT2D eigenvalue weighted by molar-refractivity contribution is 8.00. The average molecular weight is 222 g/mol. The van der Waals surface area contributed by atoms with E-state index in [2.05, 4.69) is 40.2 Å². The van der Waals surface area contributed by atoms with Crippen LogP contribution in [0.25, 0.3) is 0 Å². The molecule has 0 heterocycles. The molecule has 0 spiro atoms. The van der Waals surface area contributed by atoms with Crippen LogP contribution >= 0.6 is 23.5 Å². The van der Waals surface area contributed by atoms with Gasteiger partial charge in [-0.1, -0.05) is 0 Å². The standard InChI is InChI=1S/C10H22OS2/c1-9(2,8-12-5)11-7-10(3,4)13-6/h7-8H2,1-6H3. The minimum absolute atomic E-state index is 0.00637. The normalized spacial score (nSPS) is 13.4. The first-order valence-electron chi connectivity index (χ1n) is 4.51. The van der Waals surface area contributed by atoms with E-state index in [9.17, 15) is 0 Å². The zero-order valence-corrected chi connectivity index (χ0v) is 11.3. The first kappa shape index (κ1) is 13.7. The van der Waals surface area contributed by atoms with Gasteiger partial charge >= 0.3 is 0 Å². The maximum atomic E-state index is 5.88. The van der Waals surface area contributed by atoms with Crippen molar-refractivity contribution >= 4 is 23.5 Å². The number of thioether (sulfide) groups is 2. The summed E-state index contributed by atoms with van der Waals surface area (Å²) in [6, 6.07) is 0. The van der Waals surface area contributed by atoms with E-state index in [1.165, 1.54) is 0 Å². The number of ether oxygens (including phenoxy) is 1. The van der Waals surface area contributed by atoms with Gasteiger partial charge in [0, 0.05) is 10.5 Å². The Morgan fingerprint density at radius 2 is 1.62 bits per heavy atom. The van der Waals surface area contributed by atoms with Gasteiger partial charge in [-0.05, 0) is 40.2 Å². The maximum absolute atomic E-state index is 5.88. The molecule has 0 N–H and O–H groups in total. The highest BCUT2D eigenvalue weighted by atomic mass is 32.2. The molecular weight excluding hydrogens is 200 g/mol. The SMILES string of the molecule is CSCC(C)(C)OCC(C)(C)SC. The van der Waals surface area contributed by atoms with E-state index in [0.717, 1.165) is 12.4 Å². The van der Waals surface area contributed by atoms with Crippen LogP contribution < -0.4 is 0 Å². The third kappa shape index (κ3) is 6.69. The third-order valence-corrected chi connectivity index (χ3v) is 4.06. The monoisotopic (exact) mass is 222 g/mol. The number of hydrogen-bond donors (Lipinski definition) is 0. The second-order valence-electron chi connectivity index (χ2n) is 4.45. The smallest absolute Gasteiger partial charge is 0.0717 e. The Balaban J connectivity index is 3.86. The van der Waals surface area contributed by atoms with Gasteiger partial charge in [-0.2, -0.15) is 23.5 Å². The van der Waals surface area contributed by atoms with Gasteiger partial charge in [0.15, 0.2) is 0 Å². The van der Waals surface area contributed by atoms with Crippen LogP contribution in [0.4, 0.5) is 0 Å². The molecule has 0 rings (SSSR count). The maximum Gasteiger partial charge on any atom is 0.0717 e. The molecule has 0 saturated carbocycles. The Morgan fingerprint density at radius 3 is 2.00 bits per heavy atom. The Morgan fingerprint density at radius 1 is 1.08 bits per heavy atom. The molecule has 13 heavy (non-hydrogen) atoms. The molecule has 0 amide bonds. The molecule has 0 fully saturated rings. The molecule has 0 aliphatic rings. The van der Waals surface area contributed by atoms with Crippen molar-refractivity contribution in [1.82, 2.24) is 0 Å². The second kappa shape index (κ2) is 5.52. The molecule has 0 aromatic rings. The van der Waals surface area contributed by atoms with Gasteiger partial charge in [-0.15, -0.1) is 0 Å². The van der Waals surface area contributed by atoms with Gasteiger partial charge in [0.05, 0.1) is 12.2 Å². The Labute approximate surface area is 91.4 Å². The predicted octanol–water partition coefficient (Wildman–Crippen LogP) is 3.29. The summed E-state index contributed by atoms with van der Waals surface area (Å²) in [4.78, 5) is 0. The molecule has 0 aliphatic heterocycles. The lowest BCUT2D eigenvalue weighted by Gasteiger charge is -2.30. The van der Waals surface area contributed by atoms with E-state index >= 15 is 0 Å². The highest BCUT2D eigenvalue weighted by Gasteiger charge is 2.23. The summed E-state index contributed by atoms with van der Waals surface area (Å²) in [6.07, 6.45) is 4.25. The second-order valence-corrected chi connectivity index (χ2v) is 6.82. The van der Waals surface area contributed by atoms with E-state index < -0.39 is 0 Å². The van der Waals surface area contributed by atoms with Gasteiger partial charge in [0.25, 0.3) is 0 Å². The van der Waals surface area contributed by atoms with Crippen molar-refractivity contribution in [2.24, 2.45) is 0 Å². The van der Waals surface area contributed by atoms with Crippen molar-refractivity contribution in [2.75, 3.05) is 24.9 Å². The molecule has 0 radical (unpaired) electrons. The summed E-state index contributed by atoms with van der Waals surface area (Å²) in [5.41, 5.74) is 0.00637. The topological polar surface area (TPSA) is 9.23 Å². The van der Waals surface area contributed by atoms with Gasteiger partial charge < -0.3 is 4.74 Å². The van der Waals surface area contributed by atoms with Gasteiger partial charge in [-0.25, -0.2) is 0 Å². The lowest BCUT2D eigenvalue weighted by Crippen LogP contribution is -2.34. The molecule has 0 aromatic heterocycles. The Bertz CT molecular complexity index is 144. The molecule has 0 aromatic carbocycles. The van der Waals surface area contributed by atoms with Gasteiger partial charge in [0.1, 0.15) is 0 Å². The first-order valence-corrected chi connectivity index (χ1v) is 7.13. The quantitative estimate of drug-likeness (QED) is 0.682. The molecule has 80 valence electrons. The molecular formula is C10H22OS2. The lowest BCUT2D eigenvalue weighted by molar-refractivity contribution is -0.00726. The van der Waals surface area contributed by atoms with Crippen LogP contribution in [0, 0.1) is 0 Å². The van der Waals surface area contributed by atoms with Crippen LogP contribution in [-0.4, -0.2) is 35.2 Å². The highest BCUT2D eigenvalue weighted by Crippen LogP contribution is 2.24. The van der Waals surface area contributed by atoms with Crippen molar-refractivity contribution in [1.29, 1.82) is 0 Å². The summed E-state index contributed by atoms with van der Waals surface area (Å²) in [5.74, 6) is 1.05. The fourth-order valence-electron chi connectivity index (χ4n) is 0.817. The van der Waals surface area contributed by atoms with Crippen molar-refractivity contribution in [3.63, 3.8) is 0 Å². The number of hydrogen-bond acceptors (Lipinski definition) is 3. The number of rotatable bonds is 6. The minimum Gasteiger partial charge on any atom is -0.373 e. The first-order chi connectivity index (χ1) is 5.83. The van der Waals surface area contributed by atoms with Crippen molar-refractivity contribution in [2.45, 2.75) is 38.0 Å². The third-order valence-electron chi connectivity index (χ3n) is 1.86. The lowest BCUT2D eigenvalue weighted by atomic mass is 10.1. The van der Waals surface area contributed by atoms with E-state index in [1.54, 1.807) is 0 Å². The minimum atomic E-state index is 0.00637. The summed E-state index contributed by atoms with van der Waals surface area (Å²) in [5, 5.41) is 0. The van der Waals surface area contributed by atoms with Crippen LogP contribution in [0.3, 0.4) is 0 Å². The van der Waals surface area contributed by atoms with E-state index in [0.29, 0.717) is 0 Å². The Kier molecular flexibility index (Phi) is 5.80. The molecule has 1 nitrogen and oxygen atoms in total. The van der Waals surface area contributed by atoms with Crippen LogP contribution in [0.2, 0.25) is 0 Å². The van der Waals surface area contributed by atoms with Crippen molar-refractivity contribution in [3.8, 4) is 0 Å². The van der Waals surface area contributed by atoms with Crippen LogP contribution in [0.15, 0.2) is 0 Å². The fraction of sp³-hybridized carbons (Fsp3) is 1.00. The van der Waals surface area contributed by atoms with Gasteiger partial charge in [0.2, 0.25) is 0 Å². The van der Waals surface area contributed by atoms with Crippen molar-refractivity contribution < 1.29 is 4.74 Å². The van der Waals surface area contributed by atoms with Crippen LogP contribution in [0.5, 0.6) is 0 Å². The average Bonchev–Trinajstić information content (AvgIpc) is 2.02. The van der Waals surface area contributed by atoms with E-state index in [-0.39, 0.29) is 10.3 Å². The predicted molar refractivity (Wildman–Crippen MR) is 66.0 cm³/mol. The van der Waals surface area contributed by atoms with Gasteiger partial charge in [-0.3, -0.25) is 0 Å². The van der Waals surface area contributed by atoms with Crippen molar-refractivity contribution in [3.05, 3.63) is 0 Å². The zero-order chi connectivity index (χ0) is 10.5. The van der Waals surface area contributed by atoms with E-state index in [4.69, 9.17) is 4.74 Å². The molecule has 0 unspecified atom stereocenters. The molecule has 3 heteroatoms. The summed E-state index contributed by atoms with van der Waals surface area (Å²) >= 11 is 3.69. The molecule has 0 atom stereocenters. The largest absolute Gasteiger partial charge is 0.373 e. The molecule has 0 saturated heterocycles. The van der Waals surface area contributed by atoms with E-state index in [1.807, 2.05) is 23.5 Å².